The summed E-state index contributed by atoms with van der Waals surface area (Å²) in [6, 6.07) is 0. The Labute approximate surface area is 103 Å². The monoisotopic (exact) mass is 245 g/mol. The van der Waals surface area contributed by atoms with Crippen molar-refractivity contribution < 1.29 is 9.36 Å². The van der Waals surface area contributed by atoms with E-state index in [0.29, 0.717) is 23.7 Å². The first-order chi connectivity index (χ1) is 8.86. The molecule has 0 unspecified atom stereocenters. The third kappa shape index (κ3) is 1.94. The van der Waals surface area contributed by atoms with Crippen molar-refractivity contribution in [3.8, 4) is 11.5 Å². The van der Waals surface area contributed by atoms with Crippen LogP contribution in [0.4, 0.5) is 0 Å². The van der Waals surface area contributed by atoms with E-state index in [2.05, 4.69) is 25.3 Å². The second-order valence-corrected chi connectivity index (χ2v) is 3.89. The molecule has 3 heterocycles. The fourth-order valence-electron chi connectivity index (χ4n) is 1.67. The van der Waals surface area contributed by atoms with Gasteiger partial charge in [0.2, 0.25) is 5.82 Å². The molecule has 0 aromatic carbocycles. The average Bonchev–Trinajstić information content (AvgIpc) is 3.08. The summed E-state index contributed by atoms with van der Waals surface area (Å²) < 4.78 is 5.16. The molecule has 1 atom stereocenters. The van der Waals surface area contributed by atoms with Crippen molar-refractivity contribution in [3.63, 3.8) is 0 Å². The molecule has 0 bridgehead atoms. The number of aromatic nitrogens is 4. The van der Waals surface area contributed by atoms with Gasteiger partial charge in [0.1, 0.15) is 6.33 Å². The van der Waals surface area contributed by atoms with Crippen LogP contribution >= 0.6 is 0 Å². The zero-order chi connectivity index (χ0) is 12.4. The predicted octanol–water partition coefficient (Wildman–Crippen LogP) is 1.75. The highest BCUT2D eigenvalue weighted by molar-refractivity contribution is 5.85. The maximum Gasteiger partial charge on any atom is 0.261 e. The lowest BCUT2D eigenvalue weighted by Gasteiger charge is -2.00. The Morgan fingerprint density at radius 3 is 2.89 bits per heavy atom. The van der Waals surface area contributed by atoms with Crippen LogP contribution in [0.5, 0.6) is 0 Å². The molecule has 2 aromatic heterocycles. The highest BCUT2D eigenvalue weighted by atomic mass is 16.6. The Balaban J connectivity index is 1.79. The Kier molecular flexibility index (Phi) is 2.71. The molecule has 0 saturated heterocycles. The molecule has 2 aromatic rings. The van der Waals surface area contributed by atoms with Crippen LogP contribution in [0.1, 0.15) is 31.7 Å². The fraction of sp³-hybridized carbons (Fsp3) is 0.364. The molecule has 1 aliphatic heterocycles. The van der Waals surface area contributed by atoms with Crippen LogP contribution in [-0.4, -0.2) is 25.8 Å². The summed E-state index contributed by atoms with van der Waals surface area (Å²) in [5.74, 6) is 0.889. The van der Waals surface area contributed by atoms with E-state index >= 15 is 0 Å². The molecule has 0 aliphatic carbocycles. The van der Waals surface area contributed by atoms with Crippen LogP contribution in [0.3, 0.4) is 0 Å². The minimum atomic E-state index is -0.248. The highest BCUT2D eigenvalue weighted by Gasteiger charge is 2.26. The molecule has 0 saturated carbocycles. The predicted molar refractivity (Wildman–Crippen MR) is 61.5 cm³/mol. The van der Waals surface area contributed by atoms with Crippen molar-refractivity contribution in [3.05, 3.63) is 24.5 Å². The first-order valence-corrected chi connectivity index (χ1v) is 5.67. The van der Waals surface area contributed by atoms with Gasteiger partial charge in [0.05, 0.1) is 11.3 Å². The van der Waals surface area contributed by atoms with Crippen LogP contribution in [-0.2, 0) is 4.84 Å². The van der Waals surface area contributed by atoms with Gasteiger partial charge in [-0.05, 0) is 6.42 Å². The molecule has 0 spiro atoms. The Bertz CT molecular complexity index is 566. The zero-order valence-corrected chi connectivity index (χ0v) is 9.78. The van der Waals surface area contributed by atoms with Crippen LogP contribution in [0.25, 0.3) is 11.5 Å². The molecule has 7 nitrogen and oxygen atoms in total. The minimum Gasteiger partial charge on any atom is -0.384 e. The van der Waals surface area contributed by atoms with Gasteiger partial charge in [0.15, 0.2) is 6.10 Å². The second kappa shape index (κ2) is 4.52. The molecule has 1 aliphatic rings. The summed E-state index contributed by atoms with van der Waals surface area (Å²) in [5.41, 5.74) is 1.69. The lowest BCUT2D eigenvalue weighted by atomic mass is 10.1. The van der Waals surface area contributed by atoms with E-state index in [1.165, 1.54) is 6.33 Å². The lowest BCUT2D eigenvalue weighted by molar-refractivity contribution is 0.0772. The molecule has 92 valence electrons. The number of oxime groups is 1. The fourth-order valence-corrected chi connectivity index (χ4v) is 1.67. The van der Waals surface area contributed by atoms with E-state index in [1.807, 2.05) is 6.92 Å². The van der Waals surface area contributed by atoms with Crippen molar-refractivity contribution in [1.82, 2.24) is 20.1 Å². The van der Waals surface area contributed by atoms with E-state index in [4.69, 9.17) is 9.36 Å². The highest BCUT2D eigenvalue weighted by Crippen LogP contribution is 2.27. The normalized spacial score (nSPS) is 18.5. The Morgan fingerprint density at radius 1 is 1.33 bits per heavy atom. The summed E-state index contributed by atoms with van der Waals surface area (Å²) in [6.45, 7) is 2.04. The third-order valence-corrected chi connectivity index (χ3v) is 2.68. The van der Waals surface area contributed by atoms with Crippen LogP contribution in [0.15, 0.2) is 28.4 Å². The van der Waals surface area contributed by atoms with E-state index in [0.717, 1.165) is 12.1 Å². The van der Waals surface area contributed by atoms with E-state index in [1.54, 1.807) is 12.4 Å². The third-order valence-electron chi connectivity index (χ3n) is 2.68. The van der Waals surface area contributed by atoms with E-state index < -0.39 is 0 Å². The van der Waals surface area contributed by atoms with Gasteiger partial charge in [0, 0.05) is 18.8 Å². The minimum absolute atomic E-state index is 0.248. The number of rotatable bonds is 3. The Hall–Kier alpha value is -2.31. The Morgan fingerprint density at radius 2 is 2.17 bits per heavy atom. The molecule has 0 N–H and O–H groups in total. The number of hydrogen-bond acceptors (Lipinski definition) is 7. The molecule has 0 amide bonds. The zero-order valence-electron chi connectivity index (χ0n) is 9.78. The largest absolute Gasteiger partial charge is 0.384 e. The molecule has 3 rings (SSSR count). The first kappa shape index (κ1) is 10.8. The second-order valence-electron chi connectivity index (χ2n) is 3.89. The van der Waals surface area contributed by atoms with Crippen LogP contribution in [0, 0.1) is 0 Å². The average molecular weight is 245 g/mol. The quantitative estimate of drug-likeness (QED) is 0.818. The number of nitrogens with zero attached hydrogens (tertiary/aromatic N) is 5. The maximum atomic E-state index is 5.26. The molecule has 0 fully saturated rings. The summed E-state index contributed by atoms with van der Waals surface area (Å²) in [6.07, 6.45) is 6.01. The van der Waals surface area contributed by atoms with E-state index in [-0.39, 0.29) is 6.10 Å². The SMILES string of the molecule is CCC1=NO[C@H](c2noc(-c3cncnc3)n2)C1. The standard InChI is InChI=1S/C11H11N5O2/c1-2-8-3-9(17-15-8)10-14-11(18-16-10)7-4-12-6-13-5-7/h4-6,9H,2-3H2,1H3/t9-/m0/s1. The van der Waals surface area contributed by atoms with Gasteiger partial charge in [-0.15, -0.1) is 0 Å². The van der Waals surface area contributed by atoms with Crippen LogP contribution in [0.2, 0.25) is 0 Å². The summed E-state index contributed by atoms with van der Waals surface area (Å²) >= 11 is 0. The van der Waals surface area contributed by atoms with Gasteiger partial charge in [-0.1, -0.05) is 17.2 Å². The summed E-state index contributed by atoms with van der Waals surface area (Å²) in [4.78, 5) is 17.3. The van der Waals surface area contributed by atoms with Crippen molar-refractivity contribution >= 4 is 5.71 Å². The summed E-state index contributed by atoms with van der Waals surface area (Å²) in [7, 11) is 0. The van der Waals surface area contributed by atoms with Gasteiger partial charge in [-0.2, -0.15) is 4.98 Å². The van der Waals surface area contributed by atoms with Gasteiger partial charge in [-0.25, -0.2) is 9.97 Å². The van der Waals surface area contributed by atoms with Crippen LogP contribution < -0.4 is 0 Å². The summed E-state index contributed by atoms with van der Waals surface area (Å²) in [5, 5.41) is 7.87. The van der Waals surface area contributed by atoms with Gasteiger partial charge < -0.3 is 9.36 Å². The maximum absolute atomic E-state index is 5.26. The van der Waals surface area contributed by atoms with E-state index in [9.17, 15) is 0 Å². The smallest absolute Gasteiger partial charge is 0.261 e. The lowest BCUT2D eigenvalue weighted by Crippen LogP contribution is -2.01. The van der Waals surface area contributed by atoms with Crippen molar-refractivity contribution in [2.45, 2.75) is 25.9 Å². The topological polar surface area (TPSA) is 86.3 Å². The molecule has 0 radical (unpaired) electrons. The van der Waals surface area contributed by atoms with Crippen molar-refractivity contribution in [2.75, 3.05) is 0 Å². The first-order valence-electron chi connectivity index (χ1n) is 5.67. The molecular weight excluding hydrogens is 234 g/mol. The molecular formula is C11H11N5O2. The number of hydrogen-bond donors (Lipinski definition) is 0. The molecule has 18 heavy (non-hydrogen) atoms. The van der Waals surface area contributed by atoms with Crippen molar-refractivity contribution in [2.24, 2.45) is 5.16 Å². The van der Waals surface area contributed by atoms with Gasteiger partial charge in [0.25, 0.3) is 5.89 Å². The van der Waals surface area contributed by atoms with Gasteiger partial charge >= 0.3 is 0 Å². The molecule has 7 heteroatoms. The van der Waals surface area contributed by atoms with Gasteiger partial charge in [-0.3, -0.25) is 0 Å². The van der Waals surface area contributed by atoms with Crippen molar-refractivity contribution in [1.29, 1.82) is 0 Å².